The third-order valence-corrected chi connectivity index (χ3v) is 1.95. The molecule has 1 N–H and O–H groups in total. The lowest BCUT2D eigenvalue weighted by atomic mass is 10.3. The van der Waals surface area contributed by atoms with Crippen LogP contribution < -0.4 is 4.74 Å². The molecule has 1 aromatic carbocycles. The van der Waals surface area contributed by atoms with Gasteiger partial charge in [-0.3, -0.25) is 10.1 Å². The molecule has 1 rings (SSSR count). The van der Waals surface area contributed by atoms with Crippen LogP contribution in [-0.4, -0.2) is 23.2 Å². The van der Waals surface area contributed by atoms with Gasteiger partial charge in [0.1, 0.15) is 12.4 Å². The van der Waals surface area contributed by atoms with Crippen molar-refractivity contribution in [2.75, 3.05) is 13.2 Å². The van der Waals surface area contributed by atoms with Crippen molar-refractivity contribution < 1.29 is 14.8 Å². The summed E-state index contributed by atoms with van der Waals surface area (Å²) in [5, 5.41) is 19.0. The van der Waals surface area contributed by atoms with Gasteiger partial charge in [0.15, 0.2) is 0 Å². The van der Waals surface area contributed by atoms with E-state index in [1.807, 2.05) is 6.92 Å². The lowest BCUT2D eigenvalue weighted by Crippen LogP contribution is -1.99. The first-order chi connectivity index (χ1) is 7.63. The molecule has 0 aliphatic heterocycles. The second-order valence-electron chi connectivity index (χ2n) is 3.27. The van der Waals surface area contributed by atoms with Gasteiger partial charge in [0.25, 0.3) is 5.69 Å². The topological polar surface area (TPSA) is 72.6 Å². The molecule has 0 saturated carbocycles. The molecule has 0 unspecified atom stereocenters. The van der Waals surface area contributed by atoms with Crippen molar-refractivity contribution in [1.82, 2.24) is 0 Å². The number of benzene rings is 1. The summed E-state index contributed by atoms with van der Waals surface area (Å²) in [4.78, 5) is 9.93. The van der Waals surface area contributed by atoms with Crippen molar-refractivity contribution in [3.63, 3.8) is 0 Å². The van der Waals surface area contributed by atoms with Crippen LogP contribution in [0.25, 0.3) is 0 Å². The Hall–Kier alpha value is -1.88. The molecule has 0 amide bonds. The van der Waals surface area contributed by atoms with E-state index >= 15 is 0 Å². The van der Waals surface area contributed by atoms with Crippen LogP contribution in [0.4, 0.5) is 5.69 Å². The molecule has 1 aromatic rings. The lowest BCUT2D eigenvalue weighted by molar-refractivity contribution is -0.384. The number of ether oxygens (including phenoxy) is 1. The monoisotopic (exact) mass is 223 g/mol. The van der Waals surface area contributed by atoms with Crippen LogP contribution in [0.15, 0.2) is 35.9 Å². The predicted molar refractivity (Wildman–Crippen MR) is 59.4 cm³/mol. The van der Waals surface area contributed by atoms with E-state index in [9.17, 15) is 10.1 Å². The Kier molecular flexibility index (Phi) is 4.47. The number of aliphatic hydroxyl groups excluding tert-OH is 1. The van der Waals surface area contributed by atoms with Crippen LogP contribution in [0.5, 0.6) is 5.75 Å². The summed E-state index contributed by atoms with van der Waals surface area (Å²) in [6.07, 6.45) is 1.64. The first-order valence-electron chi connectivity index (χ1n) is 4.77. The fourth-order valence-corrected chi connectivity index (χ4v) is 1.08. The van der Waals surface area contributed by atoms with E-state index in [1.54, 1.807) is 18.2 Å². The number of rotatable bonds is 5. The zero-order valence-electron chi connectivity index (χ0n) is 8.92. The zero-order chi connectivity index (χ0) is 12.0. The number of nitro benzene ring substituents is 1. The molecule has 0 aliphatic carbocycles. The maximum Gasteiger partial charge on any atom is 0.269 e. The molecule has 0 fully saturated rings. The van der Waals surface area contributed by atoms with E-state index in [4.69, 9.17) is 9.84 Å². The largest absolute Gasteiger partial charge is 0.489 e. The summed E-state index contributed by atoms with van der Waals surface area (Å²) >= 11 is 0. The van der Waals surface area contributed by atoms with Gasteiger partial charge in [-0.2, -0.15) is 0 Å². The van der Waals surface area contributed by atoms with Crippen LogP contribution >= 0.6 is 0 Å². The highest BCUT2D eigenvalue weighted by Gasteiger charge is 2.04. The minimum atomic E-state index is -0.458. The van der Waals surface area contributed by atoms with Gasteiger partial charge in [0.05, 0.1) is 11.5 Å². The predicted octanol–water partition coefficient (Wildman–Crippen LogP) is 1.91. The molecule has 0 spiro atoms. The molecule has 5 nitrogen and oxygen atoms in total. The van der Waals surface area contributed by atoms with Crippen LogP contribution in [-0.2, 0) is 0 Å². The maximum atomic E-state index is 10.4. The van der Waals surface area contributed by atoms with Crippen molar-refractivity contribution in [3.05, 3.63) is 46.0 Å². The van der Waals surface area contributed by atoms with Crippen molar-refractivity contribution >= 4 is 5.69 Å². The van der Waals surface area contributed by atoms with E-state index in [2.05, 4.69) is 0 Å². The number of nitrogens with zero attached hydrogens (tertiary/aromatic N) is 1. The van der Waals surface area contributed by atoms with Gasteiger partial charge in [-0.05, 0) is 24.6 Å². The molecular formula is C11H13NO4. The average molecular weight is 223 g/mol. The third kappa shape index (κ3) is 3.70. The highest BCUT2D eigenvalue weighted by molar-refractivity contribution is 5.36. The minimum Gasteiger partial charge on any atom is -0.489 e. The van der Waals surface area contributed by atoms with Gasteiger partial charge < -0.3 is 9.84 Å². The van der Waals surface area contributed by atoms with Crippen molar-refractivity contribution in [1.29, 1.82) is 0 Å². The van der Waals surface area contributed by atoms with Gasteiger partial charge in [-0.1, -0.05) is 6.08 Å². The zero-order valence-corrected chi connectivity index (χ0v) is 8.92. The Labute approximate surface area is 93.1 Å². The first-order valence-corrected chi connectivity index (χ1v) is 4.77. The van der Waals surface area contributed by atoms with Crippen LogP contribution in [0.2, 0.25) is 0 Å². The third-order valence-electron chi connectivity index (χ3n) is 1.95. The van der Waals surface area contributed by atoms with Crippen molar-refractivity contribution in [2.45, 2.75) is 6.92 Å². The molecule has 0 radical (unpaired) electrons. The second kappa shape index (κ2) is 5.87. The van der Waals surface area contributed by atoms with E-state index in [-0.39, 0.29) is 12.3 Å². The minimum absolute atomic E-state index is 0.0184. The van der Waals surface area contributed by atoms with Gasteiger partial charge in [-0.25, -0.2) is 0 Å². The number of nitro groups is 1. The molecule has 0 aromatic heterocycles. The van der Waals surface area contributed by atoms with E-state index in [0.717, 1.165) is 5.57 Å². The maximum absolute atomic E-state index is 10.4. The second-order valence-corrected chi connectivity index (χ2v) is 3.27. The molecule has 16 heavy (non-hydrogen) atoms. The smallest absolute Gasteiger partial charge is 0.269 e. The Morgan fingerprint density at radius 3 is 2.62 bits per heavy atom. The van der Waals surface area contributed by atoms with Gasteiger partial charge in [0, 0.05) is 12.1 Å². The van der Waals surface area contributed by atoms with Gasteiger partial charge >= 0.3 is 0 Å². The van der Waals surface area contributed by atoms with Crippen LogP contribution in [0, 0.1) is 10.1 Å². The molecule has 86 valence electrons. The highest BCUT2D eigenvalue weighted by atomic mass is 16.6. The molecular weight excluding hydrogens is 210 g/mol. The SMILES string of the molecule is CC(=CCO)COc1ccc([N+](=O)[O-])cc1. The molecule has 0 atom stereocenters. The number of non-ortho nitro benzene ring substituents is 1. The summed E-state index contributed by atoms with van der Waals surface area (Å²) in [6, 6.07) is 5.87. The van der Waals surface area contributed by atoms with Crippen LogP contribution in [0.3, 0.4) is 0 Å². The quantitative estimate of drug-likeness (QED) is 0.470. The normalized spacial score (nSPS) is 11.2. The van der Waals surface area contributed by atoms with E-state index in [1.165, 1.54) is 12.1 Å². The Bertz CT molecular complexity index is 383. The molecule has 0 aliphatic rings. The van der Waals surface area contributed by atoms with Crippen molar-refractivity contribution in [3.8, 4) is 5.75 Å². The summed E-state index contributed by atoms with van der Waals surface area (Å²) in [5.74, 6) is 0.566. The molecule has 0 heterocycles. The number of hydrogen-bond acceptors (Lipinski definition) is 4. The fraction of sp³-hybridized carbons (Fsp3) is 0.273. The Balaban J connectivity index is 2.56. The molecule has 0 bridgehead atoms. The number of aliphatic hydroxyl groups is 1. The van der Waals surface area contributed by atoms with E-state index in [0.29, 0.717) is 12.4 Å². The molecule has 0 saturated heterocycles. The van der Waals surface area contributed by atoms with E-state index < -0.39 is 4.92 Å². The standard InChI is InChI=1S/C11H13NO4/c1-9(6-7-13)8-16-11-4-2-10(3-5-11)12(14)15/h2-6,13H,7-8H2,1H3. The average Bonchev–Trinajstić information content (AvgIpc) is 2.27. The van der Waals surface area contributed by atoms with Gasteiger partial charge in [0.2, 0.25) is 0 Å². The first kappa shape index (κ1) is 12.2. The lowest BCUT2D eigenvalue weighted by Gasteiger charge is -2.05. The Morgan fingerprint density at radius 2 is 2.12 bits per heavy atom. The summed E-state index contributed by atoms with van der Waals surface area (Å²) in [6.45, 7) is 2.18. The summed E-state index contributed by atoms with van der Waals surface area (Å²) in [5.41, 5.74) is 0.941. The number of hydrogen-bond donors (Lipinski definition) is 1. The van der Waals surface area contributed by atoms with Gasteiger partial charge in [-0.15, -0.1) is 0 Å². The molecule has 5 heteroatoms. The fourth-order valence-electron chi connectivity index (χ4n) is 1.08. The highest BCUT2D eigenvalue weighted by Crippen LogP contribution is 2.17. The summed E-state index contributed by atoms with van der Waals surface area (Å²) < 4.78 is 5.35. The van der Waals surface area contributed by atoms with Crippen LogP contribution in [0.1, 0.15) is 6.92 Å². The summed E-state index contributed by atoms with van der Waals surface area (Å²) in [7, 11) is 0. The van der Waals surface area contributed by atoms with Crippen molar-refractivity contribution in [2.24, 2.45) is 0 Å². The Morgan fingerprint density at radius 1 is 1.50 bits per heavy atom.